The van der Waals surface area contributed by atoms with E-state index in [-0.39, 0.29) is 53.1 Å². The Labute approximate surface area is 706 Å². The molecule has 1 saturated heterocycles. The normalized spacial score (nSPS) is 18.0. The molecule has 0 aliphatic carbocycles. The van der Waals surface area contributed by atoms with Crippen molar-refractivity contribution in [1.82, 2.24) is 43.2 Å². The molecule has 5 aromatic heterocycles. The fourth-order valence-electron chi connectivity index (χ4n) is 13.5. The van der Waals surface area contributed by atoms with Crippen molar-refractivity contribution in [1.29, 1.82) is 0 Å². The maximum absolute atomic E-state index is 12.7. The predicted octanol–water partition coefficient (Wildman–Crippen LogP) is 16.4. The van der Waals surface area contributed by atoms with Crippen LogP contribution < -0.4 is 43.4 Å². The molecule has 0 unspecified atom stereocenters. The van der Waals surface area contributed by atoms with Crippen molar-refractivity contribution in [2.24, 2.45) is 0 Å². The third kappa shape index (κ3) is 23.6. The number of fused-ring (bicyclic) bond motifs is 4. The van der Waals surface area contributed by atoms with E-state index < -0.39 is 78.7 Å². The van der Waals surface area contributed by atoms with E-state index in [1.165, 1.54) is 103 Å². The van der Waals surface area contributed by atoms with Crippen LogP contribution in [0.1, 0.15) is 105 Å². The second-order valence-corrected chi connectivity index (χ2v) is 30.0. The summed E-state index contributed by atoms with van der Waals surface area (Å²) in [6.07, 6.45) is -15.1. The Balaban J connectivity index is 0.000000162. The highest BCUT2D eigenvalue weighted by molar-refractivity contribution is 9.10. The highest BCUT2D eigenvalue weighted by atomic mass is 79.9. The third-order valence-electron chi connectivity index (χ3n) is 19.7. The lowest BCUT2D eigenvalue weighted by atomic mass is 9.79. The van der Waals surface area contributed by atoms with Gasteiger partial charge in [0.15, 0.2) is 57.4 Å². The molecule has 5 aliphatic rings. The molecular formula is C80H88BBrClF12N9O18. The molecule has 5 aliphatic heterocycles. The van der Waals surface area contributed by atoms with E-state index in [2.05, 4.69) is 64.1 Å². The molecule has 0 bridgehead atoms. The first-order valence-electron chi connectivity index (χ1n) is 37.7. The number of carbonyl (C=O) groups is 2. The predicted molar refractivity (Wildman–Crippen MR) is 420 cm³/mol. The summed E-state index contributed by atoms with van der Waals surface area (Å²) in [6, 6.07) is 20.4. The van der Waals surface area contributed by atoms with Gasteiger partial charge in [-0.25, -0.2) is 29.5 Å². The minimum atomic E-state index is -4.84. The number of aromatic nitrogens is 9. The van der Waals surface area contributed by atoms with Crippen molar-refractivity contribution in [2.45, 2.75) is 175 Å². The smallest absolute Gasteiger partial charge is 0.493 e. The Kier molecular flexibility index (Phi) is 30.3. The number of imidazole rings is 4. The molecule has 10 heterocycles. The zero-order chi connectivity index (χ0) is 89.3. The lowest BCUT2D eigenvalue weighted by Crippen LogP contribution is -2.41. The van der Waals surface area contributed by atoms with Gasteiger partial charge in [-0.15, -0.1) is 52.7 Å². The minimum absolute atomic E-state index is 0.0100. The summed E-state index contributed by atoms with van der Waals surface area (Å²) in [5, 5.41) is 0.313. The number of benzene rings is 4. The molecule has 4 aromatic carbocycles. The van der Waals surface area contributed by atoms with Crippen molar-refractivity contribution in [3.8, 4) is 91.4 Å². The number of hydrogen-bond donors (Lipinski definition) is 0. The topological polar surface area (TPSA) is 266 Å². The van der Waals surface area contributed by atoms with E-state index in [1.807, 2.05) is 88.1 Å². The van der Waals surface area contributed by atoms with Crippen molar-refractivity contribution in [2.75, 3.05) is 69.1 Å². The first kappa shape index (κ1) is 94.2. The van der Waals surface area contributed by atoms with Gasteiger partial charge in [0, 0.05) is 65.5 Å². The van der Waals surface area contributed by atoms with Gasteiger partial charge in [0.2, 0.25) is 5.28 Å². The number of pyridine rings is 1. The van der Waals surface area contributed by atoms with Crippen LogP contribution in [0.3, 0.4) is 0 Å². The van der Waals surface area contributed by atoms with Crippen LogP contribution in [0.25, 0.3) is 45.4 Å². The Morgan fingerprint density at radius 1 is 0.443 bits per heavy atom. The molecule has 4 atom stereocenters. The van der Waals surface area contributed by atoms with Crippen LogP contribution in [0.5, 0.6) is 46.0 Å². The molecule has 0 N–H and O–H groups in total. The molecule has 0 saturated carbocycles. The standard InChI is InChI=1S/C22H22F3N3O3.C18H19F3N2O5.C16H16BrF3N2O3.C14H18BF3O4.C10H13ClN2O3/c1-13-10-15(6-8-26-13)20-17-7-9-30-14(2)12-28(17)21(27-20)16-4-5-18(19(11-16)29-3)31-22(23,24)25;1-10-9-23-12(6-7-27-10)15(17(24)26-3)22-16(23)11-4-5-13(14(8-11)25-2)28-18(19,20)21;1-9-8-22-11(5-6-24-9)14(17)21-15(22)10-3-4-12(13(7-10)23-2)25-16(18,19)20;1-12(2)13(3,4)22-15(21-12)9-6-7-10(11(8-9)19-5)20-14(16,17)18;1-6-5-13-7(3-4-16-6)8(9(14)15-2)12-10(13)11/h4-6,8,10-11,14H,7,9,12H2,1-3H3;4-5,8,10H,6-7,9H2,1-3H3;3-4,7,9H,5-6,8H2,1-2H3;6-8H,1-5H3;6H,3-5H2,1-2H3/t14-;10-;9-;;6-/m111.1/s1. The zero-order valence-corrected chi connectivity index (χ0v) is 71.0. The van der Waals surface area contributed by atoms with Gasteiger partial charge in [-0.05, 0) is 174 Å². The molecule has 0 spiro atoms. The number of aryl methyl sites for hydroxylation is 1. The Bertz CT molecular complexity index is 5140. The largest absolute Gasteiger partial charge is 0.573 e. The summed E-state index contributed by atoms with van der Waals surface area (Å²) in [5.41, 5.74) is 7.74. The van der Waals surface area contributed by atoms with E-state index >= 15 is 0 Å². The summed E-state index contributed by atoms with van der Waals surface area (Å²) in [7, 11) is 7.01. The number of ether oxygens (including phenoxy) is 14. The van der Waals surface area contributed by atoms with Gasteiger partial charge < -0.3 is 93.9 Å². The monoisotopic (exact) mass is 1820 g/mol. The van der Waals surface area contributed by atoms with Crippen LogP contribution in [0.2, 0.25) is 5.28 Å². The van der Waals surface area contributed by atoms with E-state index in [0.717, 1.165) is 40.1 Å². The summed E-state index contributed by atoms with van der Waals surface area (Å²) < 4.78 is 239. The van der Waals surface area contributed by atoms with Crippen molar-refractivity contribution < 1.29 is 138 Å². The first-order valence-corrected chi connectivity index (χ1v) is 38.9. The summed E-state index contributed by atoms with van der Waals surface area (Å²) >= 11 is 9.44. The van der Waals surface area contributed by atoms with Crippen LogP contribution in [-0.4, -0.2) is 192 Å². The van der Waals surface area contributed by atoms with Crippen LogP contribution in [0.4, 0.5) is 52.7 Å². The Morgan fingerprint density at radius 2 is 0.787 bits per heavy atom. The first-order chi connectivity index (χ1) is 57.3. The van der Waals surface area contributed by atoms with Crippen LogP contribution >= 0.6 is 27.5 Å². The third-order valence-corrected chi connectivity index (χ3v) is 20.7. The summed E-state index contributed by atoms with van der Waals surface area (Å²) in [4.78, 5) is 45.8. The molecule has 0 radical (unpaired) electrons. The zero-order valence-electron chi connectivity index (χ0n) is 68.7. The molecule has 9 aromatic rings. The van der Waals surface area contributed by atoms with Gasteiger partial charge in [-0.2, -0.15) is 0 Å². The van der Waals surface area contributed by atoms with E-state index in [9.17, 15) is 62.3 Å². The van der Waals surface area contributed by atoms with Crippen LogP contribution in [-0.2, 0) is 89.6 Å². The van der Waals surface area contributed by atoms with Crippen molar-refractivity contribution in [3.63, 3.8) is 0 Å². The molecule has 27 nitrogen and oxygen atoms in total. The lowest BCUT2D eigenvalue weighted by Gasteiger charge is -2.32. The number of carbonyl (C=O) groups excluding carboxylic acids is 2. The highest BCUT2D eigenvalue weighted by Crippen LogP contribution is 2.44. The molecule has 0 amide bonds. The number of methoxy groups -OCH3 is 6. The van der Waals surface area contributed by atoms with Gasteiger partial charge in [0.25, 0.3) is 0 Å². The fourth-order valence-corrected chi connectivity index (χ4v) is 14.3. The molecule has 14 rings (SSSR count). The molecule has 662 valence electrons. The van der Waals surface area contributed by atoms with E-state index in [0.29, 0.717) is 139 Å². The second-order valence-electron chi connectivity index (χ2n) is 28.9. The maximum Gasteiger partial charge on any atom is 0.573 e. The molecule has 122 heavy (non-hydrogen) atoms. The van der Waals surface area contributed by atoms with Gasteiger partial charge in [-0.1, -0.05) is 6.07 Å². The van der Waals surface area contributed by atoms with E-state index in [4.69, 9.17) is 68.5 Å². The number of alkyl halides is 12. The number of halogens is 14. The van der Waals surface area contributed by atoms with E-state index in [1.54, 1.807) is 12.3 Å². The highest BCUT2D eigenvalue weighted by Gasteiger charge is 2.52. The van der Waals surface area contributed by atoms with Gasteiger partial charge in [0.05, 0.1) is 154 Å². The van der Waals surface area contributed by atoms with Crippen molar-refractivity contribution in [3.05, 3.63) is 141 Å². The summed E-state index contributed by atoms with van der Waals surface area (Å²) in [5.74, 6) is -1.21. The minimum Gasteiger partial charge on any atom is -0.493 e. The summed E-state index contributed by atoms with van der Waals surface area (Å²) in [6.45, 7) is 21.6. The second kappa shape index (κ2) is 39.2. The van der Waals surface area contributed by atoms with Gasteiger partial charge in [-0.3, -0.25) is 4.98 Å². The van der Waals surface area contributed by atoms with Gasteiger partial charge >= 0.3 is 44.5 Å². The Morgan fingerprint density at radius 3 is 1.19 bits per heavy atom. The number of esters is 2. The molecular weight excluding hydrogens is 1730 g/mol. The number of nitrogens with zero attached hydrogens (tertiary/aromatic N) is 9. The number of hydrogen-bond acceptors (Lipinski definition) is 23. The lowest BCUT2D eigenvalue weighted by molar-refractivity contribution is -0.276. The molecule has 1 fully saturated rings. The molecule has 42 heteroatoms. The number of rotatable bonds is 15. The quantitative estimate of drug-likeness (QED) is 0.0524. The van der Waals surface area contributed by atoms with Crippen molar-refractivity contribution >= 4 is 52.1 Å². The Hall–Kier alpha value is -10.0. The fraction of sp³-hybridized carbons (Fsp3) is 0.463. The maximum atomic E-state index is 12.7. The average Bonchev–Trinajstić information content (AvgIpc) is 1.63. The van der Waals surface area contributed by atoms with Crippen LogP contribution in [0, 0.1) is 6.92 Å². The van der Waals surface area contributed by atoms with Gasteiger partial charge in [0.1, 0.15) is 22.1 Å². The SMILES string of the molecule is COC(=O)c1nc(-c2ccc(OC(F)(F)F)c(OC)c2)n2c1CCO[C@H](C)C2.COC(=O)c1nc(Cl)n2c1CCO[C@H](C)C2.COc1cc(-c2nc(-c3ccnc(C)c3)c3n2C[C@@H](C)OCC3)ccc1OC(F)(F)F.COc1cc(-c2nc(Br)c3n2C[C@@H](C)OCC3)ccc1OC(F)(F)F.COc1cc(B2OC(C)(C)C(C)(C)O2)ccc1OC(F)(F)F. The average molecular weight is 1820 g/mol. The van der Waals surface area contributed by atoms with Crippen LogP contribution in [0.15, 0.2) is 95.7 Å².